The first-order valence-corrected chi connectivity index (χ1v) is 7.55. The molecule has 19 heavy (non-hydrogen) atoms. The molecule has 1 aromatic carbocycles. The van der Waals surface area contributed by atoms with E-state index in [-0.39, 0.29) is 5.82 Å². The predicted octanol–water partition coefficient (Wildman–Crippen LogP) is 4.47. The summed E-state index contributed by atoms with van der Waals surface area (Å²) in [6.45, 7) is 0. The van der Waals surface area contributed by atoms with Gasteiger partial charge in [-0.25, -0.2) is 4.39 Å². The Labute approximate surface area is 121 Å². The molecule has 0 aliphatic heterocycles. The van der Waals surface area contributed by atoms with Gasteiger partial charge in [0, 0.05) is 16.3 Å². The topological polar surface area (TPSA) is 20.2 Å². The Morgan fingerprint density at radius 2 is 2.16 bits per heavy atom. The van der Waals surface area contributed by atoms with Gasteiger partial charge in [-0.3, -0.25) is 0 Å². The summed E-state index contributed by atoms with van der Waals surface area (Å²) in [7, 11) is 0. The monoisotopic (exact) mass is 298 g/mol. The van der Waals surface area contributed by atoms with Crippen LogP contribution in [-0.2, 0) is 12.8 Å². The number of halogens is 2. The molecule has 1 unspecified atom stereocenters. The Balaban J connectivity index is 1.79. The van der Waals surface area contributed by atoms with Crippen molar-refractivity contribution in [3.63, 3.8) is 0 Å². The van der Waals surface area contributed by atoms with Crippen LogP contribution in [0.25, 0.3) is 0 Å². The van der Waals surface area contributed by atoms with Crippen LogP contribution in [0.4, 0.5) is 4.39 Å². The van der Waals surface area contributed by atoms with E-state index in [9.17, 15) is 9.50 Å². The number of aryl methyl sites for hydroxylation is 1. The third-order valence-corrected chi connectivity index (χ3v) is 4.18. The Hall–Kier alpha value is -0.900. The Morgan fingerprint density at radius 3 is 2.84 bits per heavy atom. The van der Waals surface area contributed by atoms with Gasteiger partial charge in [-0.2, -0.15) is 0 Å². The van der Waals surface area contributed by atoms with Crippen LogP contribution in [0.1, 0.15) is 23.3 Å². The van der Waals surface area contributed by atoms with E-state index >= 15 is 0 Å². The number of aliphatic hydroxyl groups excluding tert-OH is 1. The molecule has 0 bridgehead atoms. The lowest BCUT2D eigenvalue weighted by atomic mass is 10.0. The molecule has 1 N–H and O–H groups in total. The largest absolute Gasteiger partial charge is 0.393 e. The third-order valence-electron chi connectivity index (χ3n) is 3.01. The van der Waals surface area contributed by atoms with Crippen LogP contribution in [0, 0.1) is 5.82 Å². The van der Waals surface area contributed by atoms with E-state index in [1.54, 1.807) is 23.5 Å². The molecule has 2 aromatic rings. The number of rotatable bonds is 6. The molecule has 0 fully saturated rings. The van der Waals surface area contributed by atoms with Gasteiger partial charge in [-0.05, 0) is 48.4 Å². The minimum Gasteiger partial charge on any atom is -0.393 e. The fraction of sp³-hybridized carbons (Fsp3) is 0.333. The minimum absolute atomic E-state index is 0.341. The standard InChI is InChI=1S/C15H16ClFOS/c16-12-7-6-11(15(17)10-12)9-13(18)3-1-4-14-5-2-8-19-14/h2,5-8,10,13,18H,1,3-4,9H2. The second-order valence-electron chi connectivity index (χ2n) is 4.57. The summed E-state index contributed by atoms with van der Waals surface area (Å²) >= 11 is 7.42. The summed E-state index contributed by atoms with van der Waals surface area (Å²) in [5, 5.41) is 12.4. The Bertz CT molecular complexity index is 513. The van der Waals surface area contributed by atoms with Crippen LogP contribution in [0.3, 0.4) is 0 Å². The molecule has 1 aromatic heterocycles. The molecule has 0 saturated carbocycles. The molecule has 0 amide bonds. The zero-order chi connectivity index (χ0) is 13.7. The lowest BCUT2D eigenvalue weighted by molar-refractivity contribution is 0.161. The van der Waals surface area contributed by atoms with E-state index in [1.807, 2.05) is 6.07 Å². The fourth-order valence-electron chi connectivity index (χ4n) is 2.01. The molecular formula is C15H16ClFOS. The van der Waals surface area contributed by atoms with Gasteiger partial charge in [0.2, 0.25) is 0 Å². The second kappa shape index (κ2) is 7.04. The summed E-state index contributed by atoms with van der Waals surface area (Å²) in [4.78, 5) is 1.32. The van der Waals surface area contributed by atoms with Crippen molar-refractivity contribution in [2.45, 2.75) is 31.8 Å². The Kier molecular flexibility index (Phi) is 5.37. The van der Waals surface area contributed by atoms with Crippen molar-refractivity contribution in [1.29, 1.82) is 0 Å². The van der Waals surface area contributed by atoms with Crippen LogP contribution < -0.4 is 0 Å². The summed E-state index contributed by atoms with van der Waals surface area (Å²) in [6, 6.07) is 8.70. The van der Waals surface area contributed by atoms with E-state index in [4.69, 9.17) is 11.6 Å². The highest BCUT2D eigenvalue weighted by Gasteiger charge is 2.10. The van der Waals surface area contributed by atoms with E-state index in [1.165, 1.54) is 10.9 Å². The third kappa shape index (κ3) is 4.60. The van der Waals surface area contributed by atoms with Crippen molar-refractivity contribution >= 4 is 22.9 Å². The van der Waals surface area contributed by atoms with Gasteiger partial charge in [0.25, 0.3) is 0 Å². The minimum atomic E-state index is -0.504. The molecule has 1 nitrogen and oxygen atoms in total. The van der Waals surface area contributed by atoms with Crippen LogP contribution in [0.5, 0.6) is 0 Å². The maximum absolute atomic E-state index is 13.6. The second-order valence-corrected chi connectivity index (χ2v) is 6.03. The molecule has 0 aliphatic carbocycles. The van der Waals surface area contributed by atoms with E-state index in [0.717, 1.165) is 12.8 Å². The molecule has 0 saturated heterocycles. The fourth-order valence-corrected chi connectivity index (χ4v) is 2.92. The lowest BCUT2D eigenvalue weighted by Crippen LogP contribution is -2.11. The normalized spacial score (nSPS) is 12.6. The van der Waals surface area contributed by atoms with Crippen LogP contribution >= 0.6 is 22.9 Å². The molecular weight excluding hydrogens is 283 g/mol. The van der Waals surface area contributed by atoms with Crippen molar-refractivity contribution in [3.05, 3.63) is 57.0 Å². The molecule has 0 spiro atoms. The van der Waals surface area contributed by atoms with Crippen molar-refractivity contribution < 1.29 is 9.50 Å². The summed E-state index contributed by atoms with van der Waals surface area (Å²) in [5.41, 5.74) is 0.521. The van der Waals surface area contributed by atoms with E-state index < -0.39 is 6.10 Å². The first-order valence-electron chi connectivity index (χ1n) is 6.29. The highest BCUT2D eigenvalue weighted by molar-refractivity contribution is 7.09. The lowest BCUT2D eigenvalue weighted by Gasteiger charge is -2.11. The van der Waals surface area contributed by atoms with Gasteiger partial charge < -0.3 is 5.11 Å². The number of benzene rings is 1. The highest BCUT2D eigenvalue weighted by Crippen LogP contribution is 2.18. The molecule has 0 radical (unpaired) electrons. The highest BCUT2D eigenvalue weighted by atomic mass is 35.5. The molecule has 1 heterocycles. The van der Waals surface area contributed by atoms with Gasteiger partial charge in [0.1, 0.15) is 5.82 Å². The first-order chi connectivity index (χ1) is 9.15. The predicted molar refractivity (Wildman–Crippen MR) is 78.4 cm³/mol. The average Bonchev–Trinajstić information content (AvgIpc) is 2.86. The molecule has 4 heteroatoms. The summed E-state index contributed by atoms with van der Waals surface area (Å²) in [5.74, 6) is -0.343. The van der Waals surface area contributed by atoms with Crippen molar-refractivity contribution in [3.8, 4) is 0 Å². The number of thiophene rings is 1. The van der Waals surface area contributed by atoms with E-state index in [0.29, 0.717) is 23.4 Å². The van der Waals surface area contributed by atoms with Crippen molar-refractivity contribution in [1.82, 2.24) is 0 Å². The zero-order valence-electron chi connectivity index (χ0n) is 10.5. The molecule has 2 rings (SSSR count). The van der Waals surface area contributed by atoms with E-state index in [2.05, 4.69) is 11.4 Å². The van der Waals surface area contributed by atoms with Gasteiger partial charge in [-0.15, -0.1) is 11.3 Å². The molecule has 1 atom stereocenters. The maximum Gasteiger partial charge on any atom is 0.127 e. The quantitative estimate of drug-likeness (QED) is 0.834. The molecule has 0 aliphatic rings. The summed E-state index contributed by atoms with van der Waals surface area (Å²) in [6.07, 6.45) is 2.40. The number of aliphatic hydroxyl groups is 1. The van der Waals surface area contributed by atoms with Gasteiger partial charge in [0.15, 0.2) is 0 Å². The average molecular weight is 299 g/mol. The first kappa shape index (κ1) is 14.5. The number of hydrogen-bond acceptors (Lipinski definition) is 2. The molecule has 102 valence electrons. The Morgan fingerprint density at radius 1 is 1.32 bits per heavy atom. The smallest absolute Gasteiger partial charge is 0.127 e. The summed E-state index contributed by atoms with van der Waals surface area (Å²) < 4.78 is 13.6. The van der Waals surface area contributed by atoms with Crippen LogP contribution in [0.2, 0.25) is 5.02 Å². The van der Waals surface area contributed by atoms with Gasteiger partial charge in [-0.1, -0.05) is 23.7 Å². The number of hydrogen-bond donors (Lipinski definition) is 1. The maximum atomic E-state index is 13.6. The van der Waals surface area contributed by atoms with Crippen LogP contribution in [-0.4, -0.2) is 11.2 Å². The van der Waals surface area contributed by atoms with Gasteiger partial charge >= 0.3 is 0 Å². The zero-order valence-corrected chi connectivity index (χ0v) is 12.1. The van der Waals surface area contributed by atoms with Crippen molar-refractivity contribution in [2.24, 2.45) is 0 Å². The van der Waals surface area contributed by atoms with Crippen LogP contribution in [0.15, 0.2) is 35.7 Å². The van der Waals surface area contributed by atoms with Gasteiger partial charge in [0.05, 0.1) is 6.10 Å². The SMILES string of the molecule is OC(CCCc1cccs1)Cc1ccc(Cl)cc1F. The van der Waals surface area contributed by atoms with Crippen molar-refractivity contribution in [2.75, 3.05) is 0 Å².